The van der Waals surface area contributed by atoms with Crippen molar-refractivity contribution in [1.82, 2.24) is 20.4 Å². The lowest BCUT2D eigenvalue weighted by atomic mass is 10.1. The van der Waals surface area contributed by atoms with E-state index in [-0.39, 0.29) is 12.2 Å². The zero-order valence-corrected chi connectivity index (χ0v) is 34.7. The lowest BCUT2D eigenvalue weighted by molar-refractivity contribution is 0.225. The van der Waals surface area contributed by atoms with Crippen molar-refractivity contribution in [2.24, 2.45) is 0 Å². The predicted molar refractivity (Wildman–Crippen MR) is 224 cm³/mol. The lowest BCUT2D eigenvalue weighted by Gasteiger charge is -2.08. The lowest BCUT2D eigenvalue weighted by Crippen LogP contribution is -2.00. The molecule has 0 aliphatic heterocycles. The van der Waals surface area contributed by atoms with E-state index in [4.69, 9.17) is 27.8 Å². The Balaban J connectivity index is 0.970. The molecule has 0 unspecified atom stereocenters. The molecule has 0 fully saturated rings. The van der Waals surface area contributed by atoms with Crippen molar-refractivity contribution in [3.63, 3.8) is 0 Å². The van der Waals surface area contributed by atoms with Gasteiger partial charge in [0.1, 0.15) is 11.5 Å². The summed E-state index contributed by atoms with van der Waals surface area (Å²) in [6.45, 7) is 7.07. The van der Waals surface area contributed by atoms with Crippen LogP contribution < -0.4 is 18.9 Å². The molecular formula is C46H70N4O6. The summed E-state index contributed by atoms with van der Waals surface area (Å²) in [4.78, 5) is 0. The van der Waals surface area contributed by atoms with E-state index < -0.39 is 0 Å². The van der Waals surface area contributed by atoms with Crippen LogP contribution in [0.5, 0.6) is 23.7 Å². The number of hydrogen-bond donors (Lipinski definition) is 0. The number of aromatic nitrogens is 4. The molecular weight excluding hydrogens is 705 g/mol. The Morgan fingerprint density at radius 1 is 0.339 bits per heavy atom. The zero-order valence-electron chi connectivity index (χ0n) is 34.7. The molecule has 0 saturated carbocycles. The van der Waals surface area contributed by atoms with Gasteiger partial charge in [0.25, 0.3) is 11.8 Å². The third-order valence-electron chi connectivity index (χ3n) is 10.0. The van der Waals surface area contributed by atoms with E-state index in [9.17, 15) is 0 Å². The summed E-state index contributed by atoms with van der Waals surface area (Å²) < 4.78 is 34.7. The van der Waals surface area contributed by atoms with Crippen molar-refractivity contribution in [2.45, 2.75) is 168 Å². The Morgan fingerprint density at radius 3 is 0.946 bits per heavy atom. The van der Waals surface area contributed by atoms with Gasteiger partial charge in [-0.05, 0) is 87.1 Å². The minimum Gasteiger partial charge on any atom is -0.494 e. The van der Waals surface area contributed by atoms with Crippen LogP contribution in [0.2, 0.25) is 0 Å². The van der Waals surface area contributed by atoms with E-state index in [1.54, 1.807) is 0 Å². The third-order valence-corrected chi connectivity index (χ3v) is 10.0. The fourth-order valence-corrected chi connectivity index (χ4v) is 6.59. The van der Waals surface area contributed by atoms with Gasteiger partial charge in [0, 0.05) is 11.1 Å². The van der Waals surface area contributed by atoms with Crippen molar-refractivity contribution in [3.05, 3.63) is 48.5 Å². The summed E-state index contributed by atoms with van der Waals surface area (Å²) in [6, 6.07) is 15.5. The topological polar surface area (TPSA) is 115 Å². The van der Waals surface area contributed by atoms with Crippen molar-refractivity contribution >= 4 is 0 Å². The van der Waals surface area contributed by atoms with Gasteiger partial charge in [0.2, 0.25) is 0 Å². The van der Waals surface area contributed by atoms with Gasteiger partial charge in [-0.1, -0.05) is 140 Å². The van der Waals surface area contributed by atoms with E-state index in [2.05, 4.69) is 34.2 Å². The van der Waals surface area contributed by atoms with Crippen LogP contribution in [0.4, 0.5) is 0 Å². The molecule has 4 aromatic rings. The Hall–Kier alpha value is -4.08. The second-order valence-electron chi connectivity index (χ2n) is 15.0. The van der Waals surface area contributed by atoms with Crippen molar-refractivity contribution in [2.75, 3.05) is 26.4 Å². The average molecular weight is 775 g/mol. The third kappa shape index (κ3) is 19.2. The molecule has 0 amide bonds. The van der Waals surface area contributed by atoms with Gasteiger partial charge >= 0.3 is 12.2 Å². The second kappa shape index (κ2) is 29.2. The Kier molecular flexibility index (Phi) is 23.3. The van der Waals surface area contributed by atoms with Gasteiger partial charge in [-0.25, -0.2) is 0 Å². The monoisotopic (exact) mass is 775 g/mol. The fourth-order valence-electron chi connectivity index (χ4n) is 6.59. The minimum atomic E-state index is 0.231. The maximum atomic E-state index is 5.95. The van der Waals surface area contributed by atoms with Gasteiger partial charge in [0.05, 0.1) is 26.4 Å². The molecule has 310 valence electrons. The van der Waals surface area contributed by atoms with Crippen LogP contribution in [0.25, 0.3) is 22.9 Å². The van der Waals surface area contributed by atoms with Crippen LogP contribution in [0.1, 0.15) is 168 Å². The molecule has 0 bridgehead atoms. The summed E-state index contributed by atoms with van der Waals surface area (Å²) in [5, 5.41) is 16.4. The predicted octanol–water partition coefficient (Wildman–Crippen LogP) is 13.4. The standard InChI is InChI=1S/C46H70N4O6/c1-3-5-7-9-11-13-15-17-19-25-37-53-45-49-47-43(55-45)39-27-31-41(32-28-39)51-35-23-21-22-24-36-52-42-33-29-40(30-34-42)44-48-50-46(56-44)54-38-26-20-18-16-14-12-10-8-6-4-2/h27-34H,3-26,35-38H2,1-2H3. The highest BCUT2D eigenvalue weighted by atomic mass is 16.6. The van der Waals surface area contributed by atoms with Crippen molar-refractivity contribution in [1.29, 1.82) is 0 Å². The van der Waals surface area contributed by atoms with Crippen LogP contribution in [-0.2, 0) is 0 Å². The van der Waals surface area contributed by atoms with E-state index in [0.29, 0.717) is 38.2 Å². The number of hydrogen-bond acceptors (Lipinski definition) is 10. The average Bonchev–Trinajstić information content (AvgIpc) is 3.91. The highest BCUT2D eigenvalue weighted by molar-refractivity contribution is 5.55. The largest absolute Gasteiger partial charge is 0.494 e. The minimum absolute atomic E-state index is 0.231. The van der Waals surface area contributed by atoms with Gasteiger partial charge in [-0.2, -0.15) is 0 Å². The molecule has 0 N–H and O–H groups in total. The quantitative estimate of drug-likeness (QED) is 0.0418. The highest BCUT2D eigenvalue weighted by Crippen LogP contribution is 2.25. The summed E-state index contributed by atoms with van der Waals surface area (Å²) in [6.07, 6.45) is 30.4. The van der Waals surface area contributed by atoms with Crippen LogP contribution in [0, 0.1) is 0 Å². The highest BCUT2D eigenvalue weighted by Gasteiger charge is 2.11. The first-order chi connectivity index (χ1) is 27.7. The number of rotatable bonds is 35. The van der Waals surface area contributed by atoms with Crippen LogP contribution in [0.3, 0.4) is 0 Å². The van der Waals surface area contributed by atoms with Crippen LogP contribution in [0.15, 0.2) is 57.4 Å². The normalized spacial score (nSPS) is 11.2. The maximum absolute atomic E-state index is 5.95. The number of unbranched alkanes of at least 4 members (excludes halogenated alkanes) is 21. The molecule has 0 atom stereocenters. The number of ether oxygens (including phenoxy) is 4. The number of nitrogens with zero attached hydrogens (tertiary/aromatic N) is 4. The van der Waals surface area contributed by atoms with E-state index >= 15 is 0 Å². The molecule has 0 aliphatic rings. The molecule has 0 aliphatic carbocycles. The smallest absolute Gasteiger partial charge is 0.414 e. The van der Waals surface area contributed by atoms with Gasteiger partial charge in [-0.15, -0.1) is 10.2 Å². The van der Waals surface area contributed by atoms with E-state index in [1.807, 2.05) is 48.5 Å². The zero-order chi connectivity index (χ0) is 39.1. The first kappa shape index (κ1) is 44.6. The van der Waals surface area contributed by atoms with E-state index in [1.165, 1.54) is 116 Å². The van der Waals surface area contributed by atoms with Crippen LogP contribution in [-0.4, -0.2) is 46.8 Å². The maximum Gasteiger partial charge on any atom is 0.414 e. The molecule has 0 spiro atoms. The summed E-state index contributed by atoms with van der Waals surface area (Å²) in [5.74, 6) is 2.55. The second-order valence-corrected chi connectivity index (χ2v) is 15.0. The molecule has 10 heteroatoms. The molecule has 0 saturated heterocycles. The molecule has 56 heavy (non-hydrogen) atoms. The SMILES string of the molecule is CCCCCCCCCCCCOc1nnc(-c2ccc(OCCCCCCOc3ccc(-c4nnc(OCCCCCCCCCCCC)o4)cc3)cc2)o1. The Bertz CT molecular complexity index is 1390. The fraction of sp³-hybridized carbons (Fsp3) is 0.652. The van der Waals surface area contributed by atoms with Crippen LogP contribution >= 0.6 is 0 Å². The van der Waals surface area contributed by atoms with E-state index in [0.717, 1.165) is 61.2 Å². The molecule has 2 aromatic carbocycles. The summed E-state index contributed by atoms with van der Waals surface area (Å²) in [7, 11) is 0. The van der Waals surface area contributed by atoms with Crippen molar-refractivity contribution in [3.8, 4) is 46.6 Å². The molecule has 2 heterocycles. The van der Waals surface area contributed by atoms with Gasteiger partial charge in [0.15, 0.2) is 0 Å². The first-order valence-electron chi connectivity index (χ1n) is 22.1. The molecule has 10 nitrogen and oxygen atoms in total. The Morgan fingerprint density at radius 2 is 0.625 bits per heavy atom. The van der Waals surface area contributed by atoms with Crippen molar-refractivity contribution < 1.29 is 27.8 Å². The Labute approximate surface area is 336 Å². The van der Waals surface area contributed by atoms with Gasteiger partial charge < -0.3 is 27.8 Å². The summed E-state index contributed by atoms with van der Waals surface area (Å²) >= 11 is 0. The first-order valence-corrected chi connectivity index (χ1v) is 22.1. The molecule has 2 aromatic heterocycles. The van der Waals surface area contributed by atoms with Gasteiger partial charge in [-0.3, -0.25) is 0 Å². The molecule has 0 radical (unpaired) electrons. The molecule has 4 rings (SSSR count). The number of benzene rings is 2. The summed E-state index contributed by atoms with van der Waals surface area (Å²) in [5.41, 5.74) is 1.69.